The van der Waals surface area contributed by atoms with E-state index in [0.29, 0.717) is 23.5 Å². The van der Waals surface area contributed by atoms with Crippen molar-refractivity contribution in [2.24, 2.45) is 0 Å². The van der Waals surface area contributed by atoms with Crippen LogP contribution in [0.4, 0.5) is 0 Å². The molecule has 0 N–H and O–H groups in total. The van der Waals surface area contributed by atoms with Crippen LogP contribution in [0.1, 0.15) is 34.2 Å². The topological polar surface area (TPSA) is 79.6 Å². The van der Waals surface area contributed by atoms with E-state index >= 15 is 0 Å². The molecule has 3 rings (SSSR count). The molecule has 0 aliphatic carbocycles. The highest BCUT2D eigenvalue weighted by molar-refractivity contribution is 5.85. The van der Waals surface area contributed by atoms with Crippen LogP contribution in [-0.4, -0.2) is 5.97 Å². The fourth-order valence-corrected chi connectivity index (χ4v) is 3.21. The zero-order valence-electron chi connectivity index (χ0n) is 15.6. The first-order valence-corrected chi connectivity index (χ1v) is 8.81. The van der Waals surface area contributed by atoms with Crippen LogP contribution in [-0.2, 0) is 17.8 Å². The molecular formula is C22H21O5-. The lowest BCUT2D eigenvalue weighted by molar-refractivity contribution is -0.305. The zero-order chi connectivity index (χ0) is 19.6. The van der Waals surface area contributed by atoms with E-state index in [-0.39, 0.29) is 12.8 Å². The summed E-state index contributed by atoms with van der Waals surface area (Å²) in [7, 11) is 0. The fourth-order valence-electron chi connectivity index (χ4n) is 3.21. The minimum absolute atomic E-state index is 0.0943. The van der Waals surface area contributed by atoms with Gasteiger partial charge >= 0.3 is 5.63 Å². The number of benzene rings is 2. The summed E-state index contributed by atoms with van der Waals surface area (Å²) in [4.78, 5) is 23.0. The maximum Gasteiger partial charge on any atom is 0.339 e. The van der Waals surface area contributed by atoms with Gasteiger partial charge in [0.05, 0.1) is 0 Å². The molecule has 0 aliphatic rings. The molecule has 0 spiro atoms. The van der Waals surface area contributed by atoms with Gasteiger partial charge in [-0.1, -0.05) is 29.8 Å². The highest BCUT2D eigenvalue weighted by Gasteiger charge is 2.15. The third kappa shape index (κ3) is 4.03. The summed E-state index contributed by atoms with van der Waals surface area (Å²) in [6, 6.07) is 11.8. The predicted octanol–water partition coefficient (Wildman–Crippen LogP) is 2.98. The number of carbonyl (C=O) groups excluding carboxylic acids is 1. The number of fused-ring (bicyclic) bond motifs is 1. The first-order chi connectivity index (χ1) is 12.9. The van der Waals surface area contributed by atoms with Gasteiger partial charge < -0.3 is 19.1 Å². The Morgan fingerprint density at radius 3 is 2.59 bits per heavy atom. The van der Waals surface area contributed by atoms with Gasteiger partial charge in [-0.2, -0.15) is 0 Å². The van der Waals surface area contributed by atoms with Crippen molar-refractivity contribution in [2.45, 2.75) is 40.2 Å². The third-order valence-corrected chi connectivity index (χ3v) is 4.71. The van der Waals surface area contributed by atoms with Crippen molar-refractivity contribution in [1.82, 2.24) is 0 Å². The minimum atomic E-state index is -1.19. The van der Waals surface area contributed by atoms with Crippen molar-refractivity contribution in [2.75, 3.05) is 0 Å². The fraction of sp³-hybridized carbons (Fsp3) is 0.273. The molecule has 5 heteroatoms. The Balaban J connectivity index is 1.93. The number of carboxylic acid groups (broad SMARTS) is 1. The number of hydrogen-bond donors (Lipinski definition) is 0. The van der Waals surface area contributed by atoms with Crippen LogP contribution >= 0.6 is 0 Å². The van der Waals surface area contributed by atoms with Crippen LogP contribution in [0.2, 0.25) is 0 Å². The molecule has 0 saturated heterocycles. The Kier molecular flexibility index (Phi) is 5.31. The molecule has 2 aromatic carbocycles. The van der Waals surface area contributed by atoms with Crippen molar-refractivity contribution in [3.05, 3.63) is 74.6 Å². The molecule has 0 aliphatic heterocycles. The number of ether oxygens (including phenoxy) is 1. The van der Waals surface area contributed by atoms with Crippen molar-refractivity contribution in [3.63, 3.8) is 0 Å². The maximum absolute atomic E-state index is 12.3. The van der Waals surface area contributed by atoms with E-state index < -0.39 is 11.6 Å². The Morgan fingerprint density at radius 1 is 1.11 bits per heavy atom. The molecular weight excluding hydrogens is 344 g/mol. The summed E-state index contributed by atoms with van der Waals surface area (Å²) >= 11 is 0. The molecule has 140 valence electrons. The van der Waals surface area contributed by atoms with Crippen LogP contribution < -0.4 is 15.5 Å². The zero-order valence-corrected chi connectivity index (χ0v) is 15.6. The second kappa shape index (κ2) is 7.66. The van der Waals surface area contributed by atoms with Crippen LogP contribution in [0.25, 0.3) is 11.0 Å². The Labute approximate surface area is 157 Å². The lowest BCUT2D eigenvalue weighted by atomic mass is 10.0. The van der Waals surface area contributed by atoms with E-state index in [4.69, 9.17) is 9.15 Å². The molecule has 1 aromatic heterocycles. The number of rotatable bonds is 6. The summed E-state index contributed by atoms with van der Waals surface area (Å²) in [5.41, 5.74) is 4.03. The summed E-state index contributed by atoms with van der Waals surface area (Å²) < 4.78 is 11.4. The number of carbonyl (C=O) groups is 1. The summed E-state index contributed by atoms with van der Waals surface area (Å²) in [6.07, 6.45) is -0.120. The summed E-state index contributed by atoms with van der Waals surface area (Å²) in [5.74, 6) is -0.543. The molecule has 27 heavy (non-hydrogen) atoms. The van der Waals surface area contributed by atoms with Gasteiger partial charge in [0.15, 0.2) is 0 Å². The van der Waals surface area contributed by atoms with E-state index in [0.717, 1.165) is 27.6 Å². The van der Waals surface area contributed by atoms with Gasteiger partial charge in [0.1, 0.15) is 17.9 Å². The summed E-state index contributed by atoms with van der Waals surface area (Å²) in [6.45, 7) is 6.09. The molecule has 0 amide bonds. The van der Waals surface area contributed by atoms with E-state index in [9.17, 15) is 14.7 Å². The molecule has 0 bridgehead atoms. The SMILES string of the molecule is Cc1cccc(COc2ccc3c(C)c(CCC(=O)[O-])c(=O)oc3c2C)c1. The van der Waals surface area contributed by atoms with E-state index in [1.807, 2.05) is 44.2 Å². The largest absolute Gasteiger partial charge is 0.550 e. The molecule has 0 saturated carbocycles. The highest BCUT2D eigenvalue weighted by atomic mass is 16.5. The number of aliphatic carboxylic acids is 1. The predicted molar refractivity (Wildman–Crippen MR) is 101 cm³/mol. The van der Waals surface area contributed by atoms with Crippen molar-refractivity contribution >= 4 is 16.9 Å². The number of aryl methyl sites for hydroxylation is 3. The maximum atomic E-state index is 12.3. The first-order valence-electron chi connectivity index (χ1n) is 8.81. The monoisotopic (exact) mass is 365 g/mol. The van der Waals surface area contributed by atoms with Gasteiger partial charge in [-0.3, -0.25) is 0 Å². The van der Waals surface area contributed by atoms with Gasteiger partial charge in [0, 0.05) is 22.5 Å². The van der Waals surface area contributed by atoms with Crippen molar-refractivity contribution in [3.8, 4) is 5.75 Å². The molecule has 5 nitrogen and oxygen atoms in total. The Hall–Kier alpha value is -3.08. The Bertz CT molecular complexity index is 1060. The summed E-state index contributed by atoms with van der Waals surface area (Å²) in [5, 5.41) is 11.5. The molecule has 0 unspecified atom stereocenters. The van der Waals surface area contributed by atoms with E-state index in [1.165, 1.54) is 0 Å². The average molecular weight is 365 g/mol. The Morgan fingerprint density at radius 2 is 1.89 bits per heavy atom. The van der Waals surface area contributed by atoms with Gasteiger partial charge in [0.25, 0.3) is 0 Å². The molecule has 3 aromatic rings. The van der Waals surface area contributed by atoms with Crippen LogP contribution in [0.15, 0.2) is 45.6 Å². The van der Waals surface area contributed by atoms with Crippen LogP contribution in [0, 0.1) is 20.8 Å². The molecule has 0 atom stereocenters. The van der Waals surface area contributed by atoms with Crippen molar-refractivity contribution < 1.29 is 19.1 Å². The van der Waals surface area contributed by atoms with E-state index in [1.54, 1.807) is 6.92 Å². The molecule has 0 radical (unpaired) electrons. The highest BCUT2D eigenvalue weighted by Crippen LogP contribution is 2.30. The van der Waals surface area contributed by atoms with Crippen molar-refractivity contribution in [1.29, 1.82) is 0 Å². The smallest absolute Gasteiger partial charge is 0.339 e. The van der Waals surface area contributed by atoms with Gasteiger partial charge in [-0.05, 0) is 56.9 Å². The average Bonchev–Trinajstić information content (AvgIpc) is 2.61. The number of hydrogen-bond acceptors (Lipinski definition) is 5. The van der Waals surface area contributed by atoms with E-state index in [2.05, 4.69) is 6.07 Å². The standard InChI is InChI=1S/C22H22O5/c1-13-5-4-6-16(11-13)12-26-19-9-7-17-14(2)18(8-10-20(23)24)22(25)27-21(17)15(19)3/h4-7,9,11H,8,10,12H2,1-3H3,(H,23,24)/p-1. The van der Waals surface area contributed by atoms with Crippen LogP contribution in [0.5, 0.6) is 5.75 Å². The third-order valence-electron chi connectivity index (χ3n) is 4.71. The second-order valence-electron chi connectivity index (χ2n) is 6.71. The molecule has 0 fully saturated rings. The normalized spacial score (nSPS) is 10.9. The minimum Gasteiger partial charge on any atom is -0.550 e. The second-order valence-corrected chi connectivity index (χ2v) is 6.71. The lowest BCUT2D eigenvalue weighted by Gasteiger charge is -2.13. The quantitative estimate of drug-likeness (QED) is 0.628. The number of carboxylic acids is 1. The van der Waals surface area contributed by atoms with Gasteiger partial charge in [-0.25, -0.2) is 4.79 Å². The van der Waals surface area contributed by atoms with Gasteiger partial charge in [0.2, 0.25) is 0 Å². The van der Waals surface area contributed by atoms with Gasteiger partial charge in [-0.15, -0.1) is 0 Å². The molecule has 1 heterocycles. The lowest BCUT2D eigenvalue weighted by Crippen LogP contribution is -2.24. The van der Waals surface area contributed by atoms with Crippen LogP contribution in [0.3, 0.4) is 0 Å². The first kappa shape index (κ1) is 18.7.